The number of hydrogen-bond donors (Lipinski definition) is 2. The molecule has 2 N–H and O–H groups in total. The van der Waals surface area contributed by atoms with Crippen molar-refractivity contribution in [1.82, 2.24) is 29.9 Å². The number of carbonyl (C=O) groups is 1. The van der Waals surface area contributed by atoms with Crippen molar-refractivity contribution in [3.05, 3.63) is 89.9 Å². The van der Waals surface area contributed by atoms with Crippen molar-refractivity contribution >= 4 is 34.3 Å². The number of benzene rings is 2. The van der Waals surface area contributed by atoms with E-state index in [1.165, 1.54) is 0 Å². The van der Waals surface area contributed by atoms with Gasteiger partial charge in [0.1, 0.15) is 0 Å². The first kappa shape index (κ1) is 19.3. The number of pyridine rings is 1. The predicted octanol–water partition coefficient (Wildman–Crippen LogP) is 4.39. The summed E-state index contributed by atoms with van der Waals surface area (Å²) in [5, 5.41) is 12.3. The van der Waals surface area contributed by atoms with Crippen molar-refractivity contribution in [2.24, 2.45) is 0 Å². The third-order valence-corrected chi connectivity index (χ3v) is 5.99. The van der Waals surface area contributed by atoms with E-state index in [9.17, 15) is 4.79 Å². The average molecular weight is 429 g/mol. The van der Waals surface area contributed by atoms with Gasteiger partial charge in [-0.15, -0.1) is 10.2 Å². The Kier molecular flexibility index (Phi) is 5.13. The highest BCUT2D eigenvalue weighted by Gasteiger charge is 2.18. The second-order valence-electron chi connectivity index (χ2n) is 7.19. The summed E-state index contributed by atoms with van der Waals surface area (Å²) in [6, 6.07) is 21.0. The van der Waals surface area contributed by atoms with Crippen molar-refractivity contribution in [3.63, 3.8) is 0 Å². The summed E-state index contributed by atoms with van der Waals surface area (Å²) in [6.45, 7) is 1.91. The van der Waals surface area contributed by atoms with Gasteiger partial charge in [0.25, 0.3) is 5.91 Å². The highest BCUT2D eigenvalue weighted by molar-refractivity contribution is 7.98. The van der Waals surface area contributed by atoms with Gasteiger partial charge in [0.15, 0.2) is 16.6 Å². The molecule has 0 aliphatic heterocycles. The van der Waals surface area contributed by atoms with Gasteiger partial charge in [0.05, 0.1) is 17.1 Å². The molecule has 0 aliphatic carbocycles. The lowest BCUT2D eigenvalue weighted by molar-refractivity contribution is 0.0937. The van der Waals surface area contributed by atoms with E-state index in [4.69, 9.17) is 0 Å². The summed E-state index contributed by atoms with van der Waals surface area (Å²) in [5.74, 6) is 1.19. The van der Waals surface area contributed by atoms with Crippen molar-refractivity contribution in [3.8, 4) is 0 Å². The standard InChI is InChI=1S/C23H20N6OS/c1-15(21-28-27-20-12-6-7-13-29(20)21)24-22(30)17-9-3-2-8-16(17)14-31-23-25-18-10-4-5-11-19(18)26-23/h2-13,15H,14H2,1H3,(H,24,30)(H,25,26)/t15-/m0/s1. The minimum Gasteiger partial charge on any atom is -0.342 e. The number of nitrogens with zero attached hydrogens (tertiary/aromatic N) is 4. The lowest BCUT2D eigenvalue weighted by Crippen LogP contribution is -2.28. The smallest absolute Gasteiger partial charge is 0.252 e. The number of aromatic amines is 1. The quantitative estimate of drug-likeness (QED) is 0.392. The van der Waals surface area contributed by atoms with Gasteiger partial charge in [-0.1, -0.05) is 48.2 Å². The Morgan fingerprint density at radius 2 is 1.87 bits per heavy atom. The normalized spacial score (nSPS) is 12.3. The molecule has 0 aliphatic rings. The van der Waals surface area contributed by atoms with Crippen LogP contribution in [0.15, 0.2) is 78.1 Å². The molecule has 3 heterocycles. The number of rotatable bonds is 6. The maximum absolute atomic E-state index is 13.1. The zero-order chi connectivity index (χ0) is 21.2. The second-order valence-corrected chi connectivity index (χ2v) is 8.15. The molecule has 0 saturated heterocycles. The first-order valence-electron chi connectivity index (χ1n) is 9.95. The van der Waals surface area contributed by atoms with Crippen LogP contribution in [0.25, 0.3) is 16.7 Å². The number of para-hydroxylation sites is 2. The van der Waals surface area contributed by atoms with Gasteiger partial charge in [-0.05, 0) is 42.8 Å². The number of thioether (sulfide) groups is 1. The number of nitrogens with one attached hydrogen (secondary N) is 2. The van der Waals surface area contributed by atoms with E-state index < -0.39 is 0 Å². The van der Waals surface area contributed by atoms with Crippen LogP contribution >= 0.6 is 11.8 Å². The summed E-state index contributed by atoms with van der Waals surface area (Å²) in [6.07, 6.45) is 1.89. The van der Waals surface area contributed by atoms with Crippen LogP contribution in [-0.2, 0) is 5.75 Å². The molecule has 2 aromatic carbocycles. The van der Waals surface area contributed by atoms with Crippen molar-refractivity contribution in [1.29, 1.82) is 0 Å². The van der Waals surface area contributed by atoms with Crippen LogP contribution < -0.4 is 5.32 Å². The van der Waals surface area contributed by atoms with Gasteiger partial charge in [0.2, 0.25) is 0 Å². The average Bonchev–Trinajstić information content (AvgIpc) is 3.41. The Balaban J connectivity index is 1.32. The Labute approximate surface area is 182 Å². The molecule has 0 spiro atoms. The number of amides is 1. The van der Waals surface area contributed by atoms with Gasteiger partial charge < -0.3 is 10.3 Å². The summed E-state index contributed by atoms with van der Waals surface area (Å²) >= 11 is 1.58. The lowest BCUT2D eigenvalue weighted by Gasteiger charge is -2.14. The van der Waals surface area contributed by atoms with E-state index in [2.05, 4.69) is 25.5 Å². The summed E-state index contributed by atoms with van der Waals surface area (Å²) < 4.78 is 1.88. The first-order valence-corrected chi connectivity index (χ1v) is 10.9. The van der Waals surface area contributed by atoms with Crippen LogP contribution in [0.4, 0.5) is 0 Å². The topological polar surface area (TPSA) is 88.0 Å². The van der Waals surface area contributed by atoms with Crippen molar-refractivity contribution in [2.45, 2.75) is 23.9 Å². The number of carbonyl (C=O) groups excluding carboxylic acids is 1. The molecule has 0 saturated carbocycles. The fourth-order valence-corrected chi connectivity index (χ4v) is 4.39. The van der Waals surface area contributed by atoms with Crippen LogP contribution in [0.5, 0.6) is 0 Å². The SMILES string of the molecule is C[C@H](NC(=O)c1ccccc1CSc1nc2ccccc2[nH]1)c1nnc2ccccn12. The van der Waals surface area contributed by atoms with Crippen LogP contribution in [0, 0.1) is 0 Å². The van der Waals surface area contributed by atoms with Gasteiger partial charge in [0, 0.05) is 17.5 Å². The number of hydrogen-bond acceptors (Lipinski definition) is 5. The maximum Gasteiger partial charge on any atom is 0.252 e. The number of aromatic nitrogens is 5. The highest BCUT2D eigenvalue weighted by atomic mass is 32.2. The first-order chi connectivity index (χ1) is 15.2. The van der Waals surface area contributed by atoms with E-state index >= 15 is 0 Å². The summed E-state index contributed by atoms with van der Waals surface area (Å²) in [4.78, 5) is 21.0. The Hall–Kier alpha value is -3.65. The molecule has 8 heteroatoms. The largest absolute Gasteiger partial charge is 0.342 e. The number of H-pyrrole nitrogens is 1. The molecular formula is C23H20N6OS. The molecule has 0 bridgehead atoms. The van der Waals surface area contributed by atoms with Gasteiger partial charge in [-0.25, -0.2) is 4.98 Å². The second kappa shape index (κ2) is 8.23. The van der Waals surface area contributed by atoms with E-state index in [-0.39, 0.29) is 11.9 Å². The molecule has 0 radical (unpaired) electrons. The fraction of sp³-hybridized carbons (Fsp3) is 0.130. The van der Waals surface area contributed by atoms with E-state index in [1.807, 2.05) is 84.3 Å². The van der Waals surface area contributed by atoms with E-state index in [0.717, 1.165) is 27.4 Å². The fourth-order valence-electron chi connectivity index (χ4n) is 3.51. The molecule has 154 valence electrons. The zero-order valence-corrected chi connectivity index (χ0v) is 17.6. The summed E-state index contributed by atoms with van der Waals surface area (Å²) in [7, 11) is 0. The van der Waals surface area contributed by atoms with Crippen molar-refractivity contribution in [2.75, 3.05) is 0 Å². The molecule has 1 amide bonds. The van der Waals surface area contributed by atoms with Gasteiger partial charge in [-0.3, -0.25) is 9.20 Å². The van der Waals surface area contributed by atoms with E-state index in [1.54, 1.807) is 11.8 Å². The maximum atomic E-state index is 13.1. The van der Waals surface area contributed by atoms with Crippen LogP contribution in [-0.4, -0.2) is 30.5 Å². The summed E-state index contributed by atoms with van der Waals surface area (Å²) in [5.41, 5.74) is 4.28. The Morgan fingerprint density at radius 1 is 1.06 bits per heavy atom. The Bertz CT molecular complexity index is 1340. The molecular weight excluding hydrogens is 408 g/mol. The molecule has 31 heavy (non-hydrogen) atoms. The molecule has 0 unspecified atom stereocenters. The zero-order valence-electron chi connectivity index (χ0n) is 16.8. The van der Waals surface area contributed by atoms with Crippen LogP contribution in [0.2, 0.25) is 0 Å². The lowest BCUT2D eigenvalue weighted by atomic mass is 10.1. The third kappa shape index (κ3) is 3.89. The van der Waals surface area contributed by atoms with E-state index in [0.29, 0.717) is 17.1 Å². The number of fused-ring (bicyclic) bond motifs is 2. The molecule has 1 atom stereocenters. The molecule has 5 rings (SSSR count). The minimum atomic E-state index is -0.291. The minimum absolute atomic E-state index is 0.138. The third-order valence-electron chi connectivity index (χ3n) is 5.07. The molecule has 3 aromatic heterocycles. The van der Waals surface area contributed by atoms with Gasteiger partial charge >= 0.3 is 0 Å². The monoisotopic (exact) mass is 428 g/mol. The molecule has 5 aromatic rings. The highest BCUT2D eigenvalue weighted by Crippen LogP contribution is 2.25. The Morgan fingerprint density at radius 3 is 2.77 bits per heavy atom. The predicted molar refractivity (Wildman–Crippen MR) is 121 cm³/mol. The number of imidazole rings is 1. The van der Waals surface area contributed by atoms with Crippen LogP contribution in [0.3, 0.4) is 0 Å². The van der Waals surface area contributed by atoms with Crippen LogP contribution in [0.1, 0.15) is 34.7 Å². The molecule has 7 nitrogen and oxygen atoms in total. The van der Waals surface area contributed by atoms with Crippen molar-refractivity contribution < 1.29 is 4.79 Å². The van der Waals surface area contributed by atoms with Gasteiger partial charge in [-0.2, -0.15) is 0 Å². The molecule has 0 fully saturated rings.